The van der Waals surface area contributed by atoms with Crippen LogP contribution >= 0.6 is 0 Å². The van der Waals surface area contributed by atoms with E-state index < -0.39 is 0 Å². The maximum atomic E-state index is 12.2. The van der Waals surface area contributed by atoms with Crippen LogP contribution in [-0.2, 0) is 11.8 Å². The third-order valence-electron chi connectivity index (χ3n) is 3.45. The summed E-state index contributed by atoms with van der Waals surface area (Å²) in [6.45, 7) is 2.44. The largest absolute Gasteiger partial charge is 0.334 e. The molecule has 2 rings (SSSR count). The Morgan fingerprint density at radius 2 is 2.26 bits per heavy atom. The van der Waals surface area contributed by atoms with Crippen molar-refractivity contribution in [1.29, 1.82) is 0 Å². The van der Waals surface area contributed by atoms with Gasteiger partial charge in [0.05, 0.1) is 17.4 Å². The first-order valence-corrected chi connectivity index (χ1v) is 6.43. The number of anilines is 1. The van der Waals surface area contributed by atoms with Gasteiger partial charge in [-0.15, -0.1) is 0 Å². The van der Waals surface area contributed by atoms with Crippen molar-refractivity contribution in [1.82, 2.24) is 9.55 Å². The number of imidazole rings is 1. The number of nitrogens with two attached hydrogens (primary N) is 1. The fourth-order valence-electron chi connectivity index (χ4n) is 2.16. The van der Waals surface area contributed by atoms with Crippen LogP contribution in [0.2, 0.25) is 0 Å². The summed E-state index contributed by atoms with van der Waals surface area (Å²) in [6.07, 6.45) is 2.47. The van der Waals surface area contributed by atoms with Gasteiger partial charge in [0, 0.05) is 25.7 Å². The van der Waals surface area contributed by atoms with Gasteiger partial charge < -0.3 is 15.2 Å². The summed E-state index contributed by atoms with van der Waals surface area (Å²) in [7, 11) is 3.74. The Bertz CT molecular complexity index is 590. The molecule has 5 nitrogen and oxygen atoms in total. The minimum Gasteiger partial charge on any atom is -0.334 e. The van der Waals surface area contributed by atoms with Gasteiger partial charge in [-0.3, -0.25) is 4.79 Å². The van der Waals surface area contributed by atoms with Gasteiger partial charge in [-0.25, -0.2) is 4.98 Å². The molecule has 1 aromatic carbocycles. The Balaban J connectivity index is 2.25. The third-order valence-corrected chi connectivity index (χ3v) is 3.45. The zero-order chi connectivity index (χ0) is 14.0. The second-order valence-corrected chi connectivity index (χ2v) is 4.90. The number of aryl methyl sites for hydroxylation is 1. The van der Waals surface area contributed by atoms with Gasteiger partial charge >= 0.3 is 0 Å². The number of aromatic nitrogens is 2. The maximum absolute atomic E-state index is 12.2. The summed E-state index contributed by atoms with van der Waals surface area (Å²) in [4.78, 5) is 18.2. The van der Waals surface area contributed by atoms with Crippen LogP contribution in [0.25, 0.3) is 11.0 Å². The summed E-state index contributed by atoms with van der Waals surface area (Å²) in [5.74, 6) is 0.0233. The number of amides is 1. The zero-order valence-corrected chi connectivity index (χ0v) is 11.6. The van der Waals surface area contributed by atoms with Gasteiger partial charge in [0.1, 0.15) is 0 Å². The fraction of sp³-hybridized carbons (Fsp3) is 0.429. The molecular weight excluding hydrogens is 240 g/mol. The second kappa shape index (κ2) is 5.40. The lowest BCUT2D eigenvalue weighted by atomic mass is 10.1. The van der Waals surface area contributed by atoms with Crippen molar-refractivity contribution in [3.63, 3.8) is 0 Å². The minimum atomic E-state index is -0.0607. The Hall–Kier alpha value is -1.88. The van der Waals surface area contributed by atoms with E-state index in [1.807, 2.05) is 36.7 Å². The molecule has 102 valence electrons. The van der Waals surface area contributed by atoms with Crippen molar-refractivity contribution in [3.8, 4) is 0 Å². The van der Waals surface area contributed by atoms with E-state index in [4.69, 9.17) is 5.73 Å². The van der Waals surface area contributed by atoms with E-state index in [1.54, 1.807) is 18.3 Å². The van der Waals surface area contributed by atoms with E-state index >= 15 is 0 Å². The van der Waals surface area contributed by atoms with Crippen molar-refractivity contribution in [2.45, 2.75) is 13.3 Å². The fourth-order valence-corrected chi connectivity index (χ4v) is 2.16. The number of rotatable bonds is 4. The summed E-state index contributed by atoms with van der Waals surface area (Å²) in [5.41, 5.74) is 8.31. The van der Waals surface area contributed by atoms with E-state index in [0.717, 1.165) is 16.7 Å². The molecule has 1 aromatic heterocycles. The number of fused-ring (bicyclic) bond motifs is 1. The highest BCUT2D eigenvalue weighted by molar-refractivity contribution is 5.96. The lowest BCUT2D eigenvalue weighted by Gasteiger charge is -2.21. The molecule has 1 atom stereocenters. The third kappa shape index (κ3) is 2.61. The molecule has 5 heteroatoms. The monoisotopic (exact) mass is 260 g/mol. The quantitative estimate of drug-likeness (QED) is 0.906. The number of carbonyl (C=O) groups is 1. The Kier molecular flexibility index (Phi) is 3.85. The van der Waals surface area contributed by atoms with Gasteiger partial charge in [0.25, 0.3) is 0 Å². The van der Waals surface area contributed by atoms with Gasteiger partial charge in [-0.2, -0.15) is 0 Å². The Morgan fingerprint density at radius 1 is 1.53 bits per heavy atom. The molecule has 2 aromatic rings. The number of benzene rings is 1. The van der Waals surface area contributed by atoms with Gasteiger partial charge in [0.15, 0.2) is 0 Å². The molecule has 19 heavy (non-hydrogen) atoms. The van der Waals surface area contributed by atoms with Crippen LogP contribution in [0.5, 0.6) is 0 Å². The number of nitrogens with zero attached hydrogens (tertiary/aromatic N) is 3. The Morgan fingerprint density at radius 3 is 2.95 bits per heavy atom. The first-order valence-electron chi connectivity index (χ1n) is 6.43. The van der Waals surface area contributed by atoms with E-state index in [9.17, 15) is 4.79 Å². The molecule has 1 unspecified atom stereocenters. The van der Waals surface area contributed by atoms with E-state index in [1.165, 1.54) is 0 Å². The molecule has 0 bridgehead atoms. The highest BCUT2D eigenvalue weighted by Gasteiger charge is 2.18. The van der Waals surface area contributed by atoms with Gasteiger partial charge in [-0.1, -0.05) is 6.92 Å². The SMILES string of the molecule is CC(CCN)C(=O)N(C)c1ccc2c(c1)ncn2C. The summed E-state index contributed by atoms with van der Waals surface area (Å²) < 4.78 is 1.96. The highest BCUT2D eigenvalue weighted by Crippen LogP contribution is 2.21. The second-order valence-electron chi connectivity index (χ2n) is 4.90. The summed E-state index contributed by atoms with van der Waals surface area (Å²) in [5, 5.41) is 0. The molecule has 0 saturated carbocycles. The normalized spacial score (nSPS) is 12.6. The van der Waals surface area contributed by atoms with Crippen LogP contribution < -0.4 is 10.6 Å². The van der Waals surface area contributed by atoms with Crippen LogP contribution in [0.15, 0.2) is 24.5 Å². The van der Waals surface area contributed by atoms with Crippen LogP contribution in [0.3, 0.4) is 0 Å². The molecule has 0 radical (unpaired) electrons. The molecule has 0 saturated heterocycles. The lowest BCUT2D eigenvalue weighted by molar-refractivity contribution is -0.121. The average Bonchev–Trinajstić information content (AvgIpc) is 2.78. The maximum Gasteiger partial charge on any atom is 0.229 e. The standard InChI is InChI=1S/C14H20N4O/c1-10(6-7-15)14(19)18(3)11-4-5-13-12(8-11)16-9-17(13)2/h4-5,8-10H,6-7,15H2,1-3H3. The smallest absolute Gasteiger partial charge is 0.229 e. The van der Waals surface area contributed by atoms with Crippen molar-refractivity contribution in [3.05, 3.63) is 24.5 Å². The van der Waals surface area contributed by atoms with Crippen molar-refractivity contribution >= 4 is 22.6 Å². The predicted molar refractivity (Wildman–Crippen MR) is 77.0 cm³/mol. The zero-order valence-electron chi connectivity index (χ0n) is 11.6. The summed E-state index contributed by atoms with van der Waals surface area (Å²) in [6, 6.07) is 5.86. The lowest BCUT2D eigenvalue weighted by Crippen LogP contribution is -2.32. The van der Waals surface area contributed by atoms with E-state index in [-0.39, 0.29) is 11.8 Å². The van der Waals surface area contributed by atoms with Crippen LogP contribution in [-0.4, -0.2) is 29.1 Å². The molecule has 0 fully saturated rings. The molecule has 1 heterocycles. The van der Waals surface area contributed by atoms with Gasteiger partial charge in [-0.05, 0) is 31.2 Å². The molecule has 0 aliphatic carbocycles. The van der Waals surface area contributed by atoms with Crippen LogP contribution in [0, 0.1) is 5.92 Å². The number of hydrogen-bond acceptors (Lipinski definition) is 3. The van der Waals surface area contributed by atoms with E-state index in [0.29, 0.717) is 13.0 Å². The van der Waals surface area contributed by atoms with Gasteiger partial charge in [0.2, 0.25) is 5.91 Å². The molecule has 0 aliphatic heterocycles. The number of hydrogen-bond donors (Lipinski definition) is 1. The predicted octanol–water partition coefficient (Wildman–Crippen LogP) is 1.52. The average molecular weight is 260 g/mol. The molecule has 1 amide bonds. The highest BCUT2D eigenvalue weighted by atomic mass is 16.2. The van der Waals surface area contributed by atoms with E-state index in [2.05, 4.69) is 4.98 Å². The van der Waals surface area contributed by atoms with Crippen molar-refractivity contribution in [2.75, 3.05) is 18.5 Å². The summed E-state index contributed by atoms with van der Waals surface area (Å²) >= 11 is 0. The van der Waals surface area contributed by atoms with Crippen molar-refractivity contribution in [2.24, 2.45) is 18.7 Å². The molecule has 0 spiro atoms. The van der Waals surface area contributed by atoms with Crippen LogP contribution in [0.4, 0.5) is 5.69 Å². The van der Waals surface area contributed by atoms with Crippen LogP contribution in [0.1, 0.15) is 13.3 Å². The first kappa shape index (κ1) is 13.5. The molecule has 2 N–H and O–H groups in total. The minimum absolute atomic E-state index is 0.0607. The first-order chi connectivity index (χ1) is 9.04. The Labute approximate surface area is 113 Å². The molecular formula is C14H20N4O. The molecule has 0 aliphatic rings. The number of carbonyl (C=O) groups excluding carboxylic acids is 1. The topological polar surface area (TPSA) is 64.2 Å². The van der Waals surface area contributed by atoms with Crippen molar-refractivity contribution < 1.29 is 4.79 Å².